The Hall–Kier alpha value is -2.30. The molecule has 1 amide bonds. The van der Waals surface area contributed by atoms with Crippen LogP contribution in [0.15, 0.2) is 42.2 Å². The monoisotopic (exact) mass is 276 g/mol. The van der Waals surface area contributed by atoms with Gasteiger partial charge in [-0.15, -0.1) is 0 Å². The average molecular weight is 276 g/mol. The number of amides is 1. The van der Waals surface area contributed by atoms with Crippen molar-refractivity contribution in [2.45, 2.75) is 32.8 Å². The number of nitrogens with two attached hydrogens (primary N) is 1. The van der Waals surface area contributed by atoms with Gasteiger partial charge in [-0.2, -0.15) is 0 Å². The van der Waals surface area contributed by atoms with Crippen molar-refractivity contribution in [2.75, 3.05) is 0 Å². The van der Waals surface area contributed by atoms with Crippen LogP contribution in [0, 0.1) is 0 Å². The van der Waals surface area contributed by atoms with Crippen LogP contribution >= 0.6 is 0 Å². The van der Waals surface area contributed by atoms with Crippen molar-refractivity contribution in [3.63, 3.8) is 0 Å². The molecule has 0 radical (unpaired) electrons. The molecule has 5 nitrogen and oxygen atoms in total. The van der Waals surface area contributed by atoms with Crippen LogP contribution in [0.1, 0.15) is 26.3 Å². The van der Waals surface area contributed by atoms with Crippen LogP contribution in [0.2, 0.25) is 0 Å². The molecule has 0 aliphatic heterocycles. The van der Waals surface area contributed by atoms with Crippen molar-refractivity contribution in [1.29, 1.82) is 0 Å². The van der Waals surface area contributed by atoms with Gasteiger partial charge in [-0.1, -0.05) is 30.3 Å². The summed E-state index contributed by atoms with van der Waals surface area (Å²) in [5.41, 5.74) is 5.51. The summed E-state index contributed by atoms with van der Waals surface area (Å²) in [4.78, 5) is 23.6. The van der Waals surface area contributed by atoms with Gasteiger partial charge in [0.25, 0.3) is 0 Å². The van der Waals surface area contributed by atoms with Gasteiger partial charge in [-0.05, 0) is 26.3 Å². The molecule has 5 heteroatoms. The fourth-order valence-corrected chi connectivity index (χ4v) is 1.47. The molecule has 0 heterocycles. The van der Waals surface area contributed by atoms with Gasteiger partial charge in [0.15, 0.2) is 0 Å². The quantitative estimate of drug-likeness (QED) is 0.645. The minimum atomic E-state index is -0.651. The van der Waals surface area contributed by atoms with E-state index in [-0.39, 0.29) is 18.0 Å². The van der Waals surface area contributed by atoms with Crippen LogP contribution in [0.4, 0.5) is 0 Å². The van der Waals surface area contributed by atoms with Crippen molar-refractivity contribution in [3.05, 3.63) is 47.8 Å². The maximum atomic E-state index is 11.8. The highest BCUT2D eigenvalue weighted by atomic mass is 16.6. The zero-order valence-corrected chi connectivity index (χ0v) is 12.0. The number of esters is 1. The van der Waals surface area contributed by atoms with Crippen LogP contribution in [-0.4, -0.2) is 17.5 Å². The third kappa shape index (κ3) is 5.56. The molecule has 1 aromatic rings. The summed E-state index contributed by atoms with van der Waals surface area (Å²) in [6, 6.07) is 9.22. The van der Waals surface area contributed by atoms with Crippen molar-refractivity contribution in [3.8, 4) is 0 Å². The third-order valence-corrected chi connectivity index (χ3v) is 2.27. The topological polar surface area (TPSA) is 81.4 Å². The molecule has 3 N–H and O–H groups in total. The van der Waals surface area contributed by atoms with E-state index in [0.717, 1.165) is 11.8 Å². The normalized spacial score (nSPS) is 11.8. The lowest BCUT2D eigenvalue weighted by atomic mass is 10.1. The second-order valence-corrected chi connectivity index (χ2v) is 5.29. The Balaban J connectivity index is 2.61. The number of hydrogen-bond acceptors (Lipinski definition) is 4. The van der Waals surface area contributed by atoms with Crippen LogP contribution in [-0.2, 0) is 20.7 Å². The summed E-state index contributed by atoms with van der Waals surface area (Å²) in [5.74, 6) is -0.972. The fourth-order valence-electron chi connectivity index (χ4n) is 1.47. The van der Waals surface area contributed by atoms with E-state index in [4.69, 9.17) is 10.5 Å². The molecule has 0 spiro atoms. The van der Waals surface area contributed by atoms with Gasteiger partial charge >= 0.3 is 5.97 Å². The van der Waals surface area contributed by atoms with Crippen molar-refractivity contribution < 1.29 is 14.3 Å². The van der Waals surface area contributed by atoms with Crippen LogP contribution in [0.5, 0.6) is 0 Å². The Kier molecular flexibility index (Phi) is 5.32. The van der Waals surface area contributed by atoms with E-state index in [1.807, 2.05) is 30.3 Å². The summed E-state index contributed by atoms with van der Waals surface area (Å²) in [7, 11) is 0. The summed E-state index contributed by atoms with van der Waals surface area (Å²) >= 11 is 0. The molecule has 0 saturated carbocycles. The Morgan fingerprint density at radius 1 is 1.25 bits per heavy atom. The first-order chi connectivity index (χ1) is 9.31. The van der Waals surface area contributed by atoms with Gasteiger partial charge < -0.3 is 15.8 Å². The zero-order valence-electron chi connectivity index (χ0n) is 12.0. The average Bonchev–Trinajstić information content (AvgIpc) is 2.35. The van der Waals surface area contributed by atoms with E-state index in [2.05, 4.69) is 5.32 Å². The molecule has 1 rings (SSSR count). The van der Waals surface area contributed by atoms with Gasteiger partial charge in [0.1, 0.15) is 11.3 Å². The van der Waals surface area contributed by atoms with E-state index < -0.39 is 11.6 Å². The molecule has 0 fully saturated rings. The second kappa shape index (κ2) is 6.75. The highest BCUT2D eigenvalue weighted by molar-refractivity contribution is 5.94. The zero-order chi connectivity index (χ0) is 15.2. The molecule has 20 heavy (non-hydrogen) atoms. The molecule has 0 unspecified atom stereocenters. The van der Waals surface area contributed by atoms with Gasteiger partial charge in [0.05, 0.1) is 6.42 Å². The molecule has 0 aliphatic rings. The molecular weight excluding hydrogens is 256 g/mol. The largest absolute Gasteiger partial charge is 0.455 e. The van der Waals surface area contributed by atoms with E-state index in [0.29, 0.717) is 0 Å². The number of ether oxygens (including phenoxy) is 1. The third-order valence-electron chi connectivity index (χ3n) is 2.27. The Bertz CT molecular complexity index is 502. The number of carbonyl (C=O) groups is 2. The first kappa shape index (κ1) is 15.8. The molecule has 108 valence electrons. The summed E-state index contributed by atoms with van der Waals surface area (Å²) in [6.45, 7) is 5.22. The molecule has 0 aromatic heterocycles. The predicted octanol–water partition coefficient (Wildman–Crippen LogP) is 1.49. The first-order valence-electron chi connectivity index (χ1n) is 6.31. The van der Waals surface area contributed by atoms with Crippen LogP contribution in [0.25, 0.3) is 0 Å². The maximum absolute atomic E-state index is 11.8. The van der Waals surface area contributed by atoms with Crippen molar-refractivity contribution >= 4 is 11.9 Å². The van der Waals surface area contributed by atoms with E-state index >= 15 is 0 Å². The number of rotatable bonds is 4. The lowest BCUT2D eigenvalue weighted by molar-refractivity contribution is -0.151. The standard InChI is InChI=1S/C15H20N2O3/c1-15(2,3)20-14(19)12(10-16)17-13(18)9-11-7-5-4-6-8-11/h4-8,10H,9,16H2,1-3H3,(H,17,18). The van der Waals surface area contributed by atoms with E-state index in [1.54, 1.807) is 20.8 Å². The first-order valence-corrected chi connectivity index (χ1v) is 6.31. The Labute approximate surface area is 118 Å². The molecule has 1 aromatic carbocycles. The number of benzene rings is 1. The highest BCUT2D eigenvalue weighted by Gasteiger charge is 2.21. The minimum absolute atomic E-state index is 0.0548. The van der Waals surface area contributed by atoms with Gasteiger partial charge in [-0.25, -0.2) is 4.79 Å². The lowest BCUT2D eigenvalue weighted by Crippen LogP contribution is -2.34. The minimum Gasteiger partial charge on any atom is -0.455 e. The van der Waals surface area contributed by atoms with Crippen LogP contribution < -0.4 is 11.1 Å². The Morgan fingerprint density at radius 3 is 2.35 bits per heavy atom. The predicted molar refractivity (Wildman–Crippen MR) is 76.4 cm³/mol. The SMILES string of the molecule is CC(C)(C)OC(=O)C(=CN)NC(=O)Cc1ccccc1. The maximum Gasteiger partial charge on any atom is 0.356 e. The van der Waals surface area contributed by atoms with E-state index in [1.165, 1.54) is 0 Å². The summed E-state index contributed by atoms with van der Waals surface area (Å²) < 4.78 is 5.14. The van der Waals surface area contributed by atoms with Crippen LogP contribution in [0.3, 0.4) is 0 Å². The highest BCUT2D eigenvalue weighted by Crippen LogP contribution is 2.09. The number of carbonyl (C=O) groups excluding carboxylic acids is 2. The second-order valence-electron chi connectivity index (χ2n) is 5.29. The summed E-state index contributed by atoms with van der Waals surface area (Å²) in [5, 5.41) is 2.46. The number of hydrogen-bond donors (Lipinski definition) is 2. The smallest absolute Gasteiger partial charge is 0.356 e. The fraction of sp³-hybridized carbons (Fsp3) is 0.333. The number of nitrogens with one attached hydrogen (secondary N) is 1. The molecule has 0 saturated heterocycles. The summed E-state index contributed by atoms with van der Waals surface area (Å²) in [6.07, 6.45) is 1.21. The van der Waals surface area contributed by atoms with Crippen molar-refractivity contribution in [1.82, 2.24) is 5.32 Å². The van der Waals surface area contributed by atoms with Gasteiger partial charge in [-0.3, -0.25) is 4.79 Å². The van der Waals surface area contributed by atoms with Crippen molar-refractivity contribution in [2.24, 2.45) is 5.73 Å². The molecule has 0 aliphatic carbocycles. The van der Waals surface area contributed by atoms with Gasteiger partial charge in [0.2, 0.25) is 5.91 Å². The molecule has 0 bridgehead atoms. The van der Waals surface area contributed by atoms with E-state index in [9.17, 15) is 9.59 Å². The lowest BCUT2D eigenvalue weighted by Gasteiger charge is -2.20. The van der Waals surface area contributed by atoms with Gasteiger partial charge in [0, 0.05) is 6.20 Å². The molecule has 0 atom stereocenters. The Morgan fingerprint density at radius 2 is 1.85 bits per heavy atom. The molecular formula is C15H20N2O3.